The quantitative estimate of drug-likeness (QED) is 0.472. The highest BCUT2D eigenvalue weighted by Gasteiger charge is 2.01. The van der Waals surface area contributed by atoms with Gasteiger partial charge in [0.05, 0.1) is 10.2 Å². The summed E-state index contributed by atoms with van der Waals surface area (Å²) in [6.07, 6.45) is 1.04. The first-order valence-corrected chi connectivity index (χ1v) is 6.07. The van der Waals surface area contributed by atoms with Crippen LogP contribution in [0.4, 0.5) is 0 Å². The Bertz CT molecular complexity index is 276. The Morgan fingerprint density at radius 1 is 1.46 bits per heavy atom. The Hall–Kier alpha value is -0.0331. The van der Waals surface area contributed by atoms with Crippen molar-refractivity contribution < 1.29 is 4.74 Å². The van der Waals surface area contributed by atoms with Crippen LogP contribution in [0, 0.1) is 10.5 Å². The van der Waals surface area contributed by atoms with Crippen LogP contribution in [0.5, 0.6) is 5.75 Å². The van der Waals surface area contributed by atoms with Crippen molar-refractivity contribution in [3.05, 3.63) is 27.3 Å². The van der Waals surface area contributed by atoms with Gasteiger partial charge in [0.1, 0.15) is 5.75 Å². The monoisotopic (exact) mass is 303 g/mol. The molecule has 1 rings (SSSR count). The van der Waals surface area contributed by atoms with Crippen molar-refractivity contribution in [2.45, 2.75) is 19.4 Å². The molecule has 0 heterocycles. The number of halogens is 1. The van der Waals surface area contributed by atoms with Gasteiger partial charge in [-0.05, 0) is 47.6 Å². The van der Waals surface area contributed by atoms with E-state index in [9.17, 15) is 0 Å². The fraction of sp³-hybridized carbons (Fsp3) is 0.400. The van der Waals surface area contributed by atoms with E-state index in [1.54, 1.807) is 0 Å². The van der Waals surface area contributed by atoms with Crippen molar-refractivity contribution in [3.63, 3.8) is 0 Å². The fourth-order valence-electron chi connectivity index (χ4n) is 0.986. The van der Waals surface area contributed by atoms with Gasteiger partial charge in [-0.25, -0.2) is 0 Å². The molecule has 0 bridgehead atoms. The van der Waals surface area contributed by atoms with Crippen LogP contribution in [-0.4, -0.2) is 16.8 Å². The van der Waals surface area contributed by atoms with Crippen LogP contribution < -0.4 is 4.74 Å². The molecule has 1 aromatic rings. The minimum atomic E-state index is 0.781. The second-order valence-corrected chi connectivity index (χ2v) is 4.42. The molecule has 13 heavy (non-hydrogen) atoms. The van der Waals surface area contributed by atoms with E-state index >= 15 is 0 Å². The zero-order valence-corrected chi connectivity index (χ0v) is 10.8. The van der Waals surface area contributed by atoms with Crippen molar-refractivity contribution in [2.75, 3.05) is 6.61 Å². The summed E-state index contributed by atoms with van der Waals surface area (Å²) in [6.45, 7) is 2.88. The third kappa shape index (κ3) is 3.30. The van der Waals surface area contributed by atoms with Gasteiger partial charge in [0.15, 0.2) is 0 Å². The lowest BCUT2D eigenvalue weighted by atomic mass is 10.2. The molecule has 3 radical (unpaired) electrons. The predicted octanol–water partition coefficient (Wildman–Crippen LogP) is 2.96. The van der Waals surface area contributed by atoms with Gasteiger partial charge in [0, 0.05) is 10.2 Å². The predicted molar refractivity (Wildman–Crippen MR) is 64.6 cm³/mol. The van der Waals surface area contributed by atoms with Gasteiger partial charge < -0.3 is 4.74 Å². The number of hydrogen-bond donors (Lipinski definition) is 0. The molecule has 0 unspecified atom stereocenters. The summed E-state index contributed by atoms with van der Waals surface area (Å²) < 4.78 is 6.84. The molecule has 3 heteroatoms. The molecule has 0 aliphatic carbocycles. The molecule has 0 saturated heterocycles. The van der Waals surface area contributed by atoms with Crippen molar-refractivity contribution in [1.29, 1.82) is 0 Å². The summed E-state index contributed by atoms with van der Waals surface area (Å²) in [5.41, 5.74) is 1.27. The normalized spacial score (nSPS) is 10.1. The van der Waals surface area contributed by atoms with Crippen molar-refractivity contribution in [1.82, 2.24) is 0 Å². The molecule has 0 amide bonds. The average Bonchev–Trinajstić information content (AvgIpc) is 2.13. The van der Waals surface area contributed by atoms with E-state index in [4.69, 9.17) is 4.74 Å². The molecular weight excluding hydrogens is 291 g/mol. The number of ether oxygens (including phenoxy) is 1. The van der Waals surface area contributed by atoms with Crippen molar-refractivity contribution in [3.8, 4) is 5.75 Å². The molecule has 1 aromatic carbocycles. The molecule has 0 fully saturated rings. The number of aryl methyl sites for hydroxylation is 1. The van der Waals surface area contributed by atoms with Crippen LogP contribution in [0.25, 0.3) is 0 Å². The third-order valence-electron chi connectivity index (χ3n) is 1.74. The molecule has 0 aliphatic rings. The molecule has 0 aliphatic heterocycles. The van der Waals surface area contributed by atoms with Gasteiger partial charge in [0.2, 0.25) is 0 Å². The highest BCUT2D eigenvalue weighted by atomic mass is 127. The van der Waals surface area contributed by atoms with Gasteiger partial charge in [-0.2, -0.15) is 0 Å². The lowest BCUT2D eigenvalue weighted by Crippen LogP contribution is -1.99. The largest absolute Gasteiger partial charge is 0.492 e. The van der Waals surface area contributed by atoms with Gasteiger partial charge in [-0.15, -0.1) is 0 Å². The van der Waals surface area contributed by atoms with E-state index in [1.807, 2.05) is 12.1 Å². The van der Waals surface area contributed by atoms with Crippen LogP contribution >= 0.6 is 22.6 Å². The number of hydrogen-bond acceptors (Lipinski definition) is 1. The molecule has 69 valence electrons. The number of rotatable bonds is 4. The maximum absolute atomic E-state index is 5.62. The zero-order chi connectivity index (χ0) is 9.68. The Labute approximate surface area is 96.4 Å². The number of benzene rings is 1. The minimum Gasteiger partial charge on any atom is -0.492 e. The summed E-state index contributed by atoms with van der Waals surface area (Å²) in [5, 5.41) is 0. The summed E-state index contributed by atoms with van der Waals surface area (Å²) in [7, 11) is 3.42. The minimum absolute atomic E-state index is 0.781. The lowest BCUT2D eigenvalue weighted by molar-refractivity contribution is 0.315. The highest BCUT2D eigenvalue weighted by Crippen LogP contribution is 2.23. The maximum atomic E-state index is 5.62. The Morgan fingerprint density at radius 3 is 2.92 bits per heavy atom. The summed E-state index contributed by atoms with van der Waals surface area (Å²) in [6, 6.07) is 7.13. The van der Waals surface area contributed by atoms with E-state index in [-0.39, 0.29) is 0 Å². The fourth-order valence-corrected chi connectivity index (χ4v) is 1.65. The average molecular weight is 303 g/mol. The first-order valence-electron chi connectivity index (χ1n) is 4.28. The van der Waals surface area contributed by atoms with E-state index < -0.39 is 0 Å². The molecule has 0 atom stereocenters. The molecule has 0 saturated carbocycles. The van der Waals surface area contributed by atoms with Crippen LogP contribution in [0.2, 0.25) is 6.04 Å². The van der Waals surface area contributed by atoms with Gasteiger partial charge in [0.25, 0.3) is 0 Å². The first kappa shape index (κ1) is 11.0. The molecule has 1 nitrogen and oxygen atoms in total. The first-order chi connectivity index (χ1) is 6.25. The van der Waals surface area contributed by atoms with Gasteiger partial charge in [-0.3, -0.25) is 0 Å². The Morgan fingerprint density at radius 2 is 2.23 bits per heavy atom. The summed E-state index contributed by atoms with van der Waals surface area (Å²) in [4.78, 5) is 0. The molecule has 0 N–H and O–H groups in total. The topological polar surface area (TPSA) is 9.23 Å². The Kier molecular flexibility index (Phi) is 4.80. The highest BCUT2D eigenvalue weighted by molar-refractivity contribution is 14.1. The van der Waals surface area contributed by atoms with Crippen LogP contribution in [0.15, 0.2) is 18.2 Å². The molecule has 0 spiro atoms. The second kappa shape index (κ2) is 5.65. The third-order valence-corrected chi connectivity index (χ3v) is 3.47. The van der Waals surface area contributed by atoms with Crippen molar-refractivity contribution in [2.24, 2.45) is 0 Å². The van der Waals surface area contributed by atoms with Crippen LogP contribution in [0.1, 0.15) is 12.0 Å². The molecule has 0 aromatic heterocycles. The van der Waals surface area contributed by atoms with E-state index in [1.165, 1.54) is 9.13 Å². The van der Waals surface area contributed by atoms with Crippen LogP contribution in [0.3, 0.4) is 0 Å². The lowest BCUT2D eigenvalue weighted by Gasteiger charge is -2.08. The smallest absolute Gasteiger partial charge is 0.132 e. The SMILES string of the molecule is Cc1cccc(OCCC[Si])c1I. The summed E-state index contributed by atoms with van der Waals surface area (Å²) >= 11 is 2.32. The van der Waals surface area contributed by atoms with Crippen molar-refractivity contribution >= 4 is 32.8 Å². The molecular formula is C10H12IOSi. The maximum Gasteiger partial charge on any atom is 0.132 e. The van der Waals surface area contributed by atoms with E-state index in [0.29, 0.717) is 0 Å². The standard InChI is InChI=1S/C10H12IOSi/c1-8-4-2-5-9(10(8)11)12-6-3-7-13/h2,4-5H,3,6-7H2,1H3. The zero-order valence-electron chi connectivity index (χ0n) is 7.64. The summed E-state index contributed by atoms with van der Waals surface area (Å²) in [5.74, 6) is 1.00. The van der Waals surface area contributed by atoms with Crippen LogP contribution in [-0.2, 0) is 0 Å². The van der Waals surface area contributed by atoms with E-state index in [0.717, 1.165) is 24.8 Å². The van der Waals surface area contributed by atoms with Gasteiger partial charge in [-0.1, -0.05) is 18.2 Å². The van der Waals surface area contributed by atoms with E-state index in [2.05, 4.69) is 45.8 Å². The Balaban J connectivity index is 2.61. The van der Waals surface area contributed by atoms with Gasteiger partial charge >= 0.3 is 0 Å². The second-order valence-electron chi connectivity index (χ2n) is 2.84.